The quantitative estimate of drug-likeness (QED) is 0.857. The lowest BCUT2D eigenvalue weighted by Gasteiger charge is -2.17. The van der Waals surface area contributed by atoms with E-state index in [0.717, 1.165) is 13.0 Å². The van der Waals surface area contributed by atoms with Gasteiger partial charge in [0.05, 0.1) is 5.75 Å². The Bertz CT molecular complexity index is 495. The monoisotopic (exact) mass is 269 g/mol. The minimum Gasteiger partial charge on any atom is -0.313 e. The van der Waals surface area contributed by atoms with E-state index in [4.69, 9.17) is 0 Å². The van der Waals surface area contributed by atoms with E-state index in [2.05, 4.69) is 37.4 Å². The van der Waals surface area contributed by atoms with Gasteiger partial charge in [-0.1, -0.05) is 25.1 Å². The van der Waals surface area contributed by atoms with Crippen molar-refractivity contribution in [2.24, 2.45) is 0 Å². The first-order valence-corrected chi connectivity index (χ1v) is 8.35. The molecule has 1 aromatic carbocycles. The van der Waals surface area contributed by atoms with Crippen molar-refractivity contribution in [3.63, 3.8) is 0 Å². The Kier molecular flexibility index (Phi) is 5.35. The Morgan fingerprint density at radius 3 is 2.39 bits per heavy atom. The van der Waals surface area contributed by atoms with E-state index in [1.54, 1.807) is 0 Å². The minimum atomic E-state index is -2.95. The summed E-state index contributed by atoms with van der Waals surface area (Å²) in [7, 11) is -2.95. The topological polar surface area (TPSA) is 46.2 Å². The number of likely N-dealkylation sites (N-methyl/N-ethyl adjacent to an activating group) is 1. The van der Waals surface area contributed by atoms with Crippen molar-refractivity contribution in [3.05, 3.63) is 34.9 Å². The standard InChI is InChI=1S/C14H23NO2S/c1-5-15-14(10-18(4,16)17)9-13-7-6-11(2)12(3)8-13/h6-8,14-15H,5,9-10H2,1-4H3. The highest BCUT2D eigenvalue weighted by atomic mass is 32.2. The van der Waals surface area contributed by atoms with Crippen LogP contribution in [0.4, 0.5) is 0 Å². The van der Waals surface area contributed by atoms with E-state index >= 15 is 0 Å². The highest BCUT2D eigenvalue weighted by molar-refractivity contribution is 7.90. The van der Waals surface area contributed by atoms with Gasteiger partial charge in [0.1, 0.15) is 9.84 Å². The van der Waals surface area contributed by atoms with Crippen molar-refractivity contribution in [1.29, 1.82) is 0 Å². The summed E-state index contributed by atoms with van der Waals surface area (Å²) in [5.74, 6) is 0.188. The highest BCUT2D eigenvalue weighted by Crippen LogP contribution is 2.12. The van der Waals surface area contributed by atoms with E-state index in [1.807, 2.05) is 6.92 Å². The zero-order chi connectivity index (χ0) is 13.8. The number of rotatable bonds is 6. The summed E-state index contributed by atoms with van der Waals surface area (Å²) in [5, 5.41) is 3.24. The van der Waals surface area contributed by atoms with Gasteiger partial charge in [-0.25, -0.2) is 8.42 Å². The molecular weight excluding hydrogens is 246 g/mol. The van der Waals surface area contributed by atoms with Crippen LogP contribution in [0, 0.1) is 13.8 Å². The second kappa shape index (κ2) is 6.34. The molecule has 0 amide bonds. The summed E-state index contributed by atoms with van der Waals surface area (Å²) in [6.45, 7) is 6.94. The summed E-state index contributed by atoms with van der Waals surface area (Å²) in [6, 6.07) is 6.30. The molecule has 102 valence electrons. The lowest BCUT2D eigenvalue weighted by molar-refractivity contribution is 0.545. The van der Waals surface area contributed by atoms with Crippen LogP contribution in [0.1, 0.15) is 23.6 Å². The first kappa shape index (κ1) is 15.2. The van der Waals surface area contributed by atoms with Gasteiger partial charge in [-0.2, -0.15) is 0 Å². The first-order chi connectivity index (χ1) is 8.31. The maximum atomic E-state index is 11.4. The molecule has 1 N–H and O–H groups in total. The van der Waals surface area contributed by atoms with Crippen molar-refractivity contribution < 1.29 is 8.42 Å². The normalized spacial score (nSPS) is 13.6. The molecule has 0 aromatic heterocycles. The van der Waals surface area contributed by atoms with E-state index in [9.17, 15) is 8.42 Å². The molecule has 1 aromatic rings. The third-order valence-electron chi connectivity index (χ3n) is 3.05. The molecule has 18 heavy (non-hydrogen) atoms. The molecule has 0 saturated heterocycles. The Morgan fingerprint density at radius 2 is 1.89 bits per heavy atom. The van der Waals surface area contributed by atoms with Crippen LogP contribution >= 0.6 is 0 Å². The fourth-order valence-electron chi connectivity index (χ4n) is 2.06. The van der Waals surface area contributed by atoms with Crippen LogP contribution in [-0.4, -0.2) is 33.0 Å². The Hall–Kier alpha value is -0.870. The largest absolute Gasteiger partial charge is 0.313 e. The predicted octanol–water partition coefficient (Wildman–Crippen LogP) is 1.87. The fraction of sp³-hybridized carbons (Fsp3) is 0.571. The predicted molar refractivity (Wildman–Crippen MR) is 76.8 cm³/mol. The summed E-state index contributed by atoms with van der Waals surface area (Å²) in [6.07, 6.45) is 2.04. The molecule has 4 heteroatoms. The lowest BCUT2D eigenvalue weighted by Crippen LogP contribution is -2.37. The van der Waals surface area contributed by atoms with Crippen LogP contribution in [-0.2, 0) is 16.3 Å². The third-order valence-corrected chi connectivity index (χ3v) is 4.06. The average Bonchev–Trinajstić information content (AvgIpc) is 2.21. The maximum absolute atomic E-state index is 11.4. The van der Waals surface area contributed by atoms with Crippen molar-refractivity contribution in [3.8, 4) is 0 Å². The van der Waals surface area contributed by atoms with Gasteiger partial charge in [-0.3, -0.25) is 0 Å². The van der Waals surface area contributed by atoms with Crippen LogP contribution in [0.25, 0.3) is 0 Å². The van der Waals surface area contributed by atoms with E-state index < -0.39 is 9.84 Å². The molecule has 0 radical (unpaired) electrons. The van der Waals surface area contributed by atoms with Crippen LogP contribution in [0.2, 0.25) is 0 Å². The number of benzene rings is 1. The summed E-state index contributed by atoms with van der Waals surface area (Å²) >= 11 is 0. The van der Waals surface area contributed by atoms with Crippen molar-refractivity contribution in [1.82, 2.24) is 5.32 Å². The lowest BCUT2D eigenvalue weighted by atomic mass is 10.0. The molecule has 0 fully saturated rings. The zero-order valence-electron chi connectivity index (χ0n) is 11.7. The molecule has 0 aliphatic rings. The molecule has 0 spiro atoms. The first-order valence-electron chi connectivity index (χ1n) is 6.29. The van der Waals surface area contributed by atoms with Crippen molar-refractivity contribution in [2.45, 2.75) is 33.2 Å². The Morgan fingerprint density at radius 1 is 1.22 bits per heavy atom. The Balaban J connectivity index is 2.79. The van der Waals surface area contributed by atoms with Gasteiger partial charge in [0.15, 0.2) is 0 Å². The van der Waals surface area contributed by atoms with Gasteiger partial charge in [0.25, 0.3) is 0 Å². The third kappa shape index (κ3) is 5.19. The van der Waals surface area contributed by atoms with Gasteiger partial charge < -0.3 is 5.32 Å². The molecule has 0 bridgehead atoms. The van der Waals surface area contributed by atoms with Crippen LogP contribution in [0.15, 0.2) is 18.2 Å². The van der Waals surface area contributed by atoms with Gasteiger partial charge in [-0.05, 0) is 43.5 Å². The summed E-state index contributed by atoms with van der Waals surface area (Å²) < 4.78 is 22.8. The molecule has 3 nitrogen and oxygen atoms in total. The molecule has 0 aliphatic heterocycles. The molecule has 1 unspecified atom stereocenters. The fourth-order valence-corrected chi connectivity index (χ4v) is 3.03. The smallest absolute Gasteiger partial charge is 0.148 e. The second-order valence-electron chi connectivity index (χ2n) is 4.97. The van der Waals surface area contributed by atoms with Crippen molar-refractivity contribution >= 4 is 9.84 Å². The minimum absolute atomic E-state index is 0.00731. The van der Waals surface area contributed by atoms with Gasteiger partial charge >= 0.3 is 0 Å². The summed E-state index contributed by atoms with van der Waals surface area (Å²) in [4.78, 5) is 0. The molecule has 1 rings (SSSR count). The van der Waals surface area contributed by atoms with E-state index in [1.165, 1.54) is 22.9 Å². The van der Waals surface area contributed by atoms with Gasteiger partial charge in [-0.15, -0.1) is 0 Å². The molecular formula is C14H23NO2S. The number of sulfone groups is 1. The van der Waals surface area contributed by atoms with Crippen molar-refractivity contribution in [2.75, 3.05) is 18.6 Å². The van der Waals surface area contributed by atoms with E-state index in [-0.39, 0.29) is 11.8 Å². The SMILES string of the molecule is CCNC(Cc1ccc(C)c(C)c1)CS(C)(=O)=O. The van der Waals surface area contributed by atoms with Crippen LogP contribution in [0.3, 0.4) is 0 Å². The average molecular weight is 269 g/mol. The number of aryl methyl sites for hydroxylation is 2. The molecule has 0 heterocycles. The summed E-state index contributed by atoms with van der Waals surface area (Å²) in [5.41, 5.74) is 3.71. The number of hydrogen-bond acceptors (Lipinski definition) is 3. The van der Waals surface area contributed by atoms with Gasteiger partial charge in [0.2, 0.25) is 0 Å². The van der Waals surface area contributed by atoms with Crippen LogP contribution < -0.4 is 5.32 Å². The highest BCUT2D eigenvalue weighted by Gasteiger charge is 2.15. The second-order valence-corrected chi connectivity index (χ2v) is 7.15. The molecule has 1 atom stereocenters. The number of nitrogens with one attached hydrogen (secondary N) is 1. The van der Waals surface area contributed by atoms with Gasteiger partial charge in [0, 0.05) is 12.3 Å². The Labute approximate surface area is 111 Å². The van der Waals surface area contributed by atoms with E-state index in [0.29, 0.717) is 0 Å². The zero-order valence-corrected chi connectivity index (χ0v) is 12.5. The number of hydrogen-bond donors (Lipinski definition) is 1. The molecule has 0 aliphatic carbocycles. The van der Waals surface area contributed by atoms with Crippen LogP contribution in [0.5, 0.6) is 0 Å². The molecule has 0 saturated carbocycles. The maximum Gasteiger partial charge on any atom is 0.148 e.